The van der Waals surface area contributed by atoms with Gasteiger partial charge in [-0.25, -0.2) is 4.21 Å². The molecule has 1 heterocycles. The van der Waals surface area contributed by atoms with Crippen molar-refractivity contribution in [3.63, 3.8) is 0 Å². The predicted octanol–water partition coefficient (Wildman–Crippen LogP) is 6.30. The van der Waals surface area contributed by atoms with E-state index < -0.39 is 16.4 Å². The largest absolute Gasteiger partial charge is 0.356 e. The molecule has 29 heavy (non-hydrogen) atoms. The van der Waals surface area contributed by atoms with Gasteiger partial charge in [-0.3, -0.25) is 0 Å². The van der Waals surface area contributed by atoms with Crippen LogP contribution in [0.15, 0.2) is 101 Å². The summed E-state index contributed by atoms with van der Waals surface area (Å²) in [6.45, 7) is 4.15. The zero-order chi connectivity index (χ0) is 20.0. The molecule has 1 saturated heterocycles. The van der Waals surface area contributed by atoms with E-state index >= 15 is 0 Å². The summed E-state index contributed by atoms with van der Waals surface area (Å²) < 4.78 is 19.5. The van der Waals surface area contributed by atoms with E-state index in [4.69, 9.17) is 4.74 Å². The minimum Gasteiger partial charge on any atom is -0.356 e. The summed E-state index contributed by atoms with van der Waals surface area (Å²) in [5.74, 6) is 0. The van der Waals surface area contributed by atoms with Crippen LogP contribution < -0.4 is 0 Å². The van der Waals surface area contributed by atoms with E-state index in [1.807, 2.05) is 55.5 Å². The highest BCUT2D eigenvalue weighted by Crippen LogP contribution is 2.58. The fourth-order valence-corrected chi connectivity index (χ4v) is 5.17. The lowest BCUT2D eigenvalue weighted by atomic mass is 9.92. The average Bonchev–Trinajstić information content (AvgIpc) is 3.46. The SMILES string of the molecule is Cc1ccc([S@](=O)c2ccccc2[C@@H]2O[C@@]2(C)c2ccc3ccccc3c2)cc1. The first kappa shape index (κ1) is 18.3. The van der Waals surface area contributed by atoms with E-state index in [-0.39, 0.29) is 6.10 Å². The van der Waals surface area contributed by atoms with Gasteiger partial charge in [-0.05, 0) is 54.4 Å². The van der Waals surface area contributed by atoms with Crippen LogP contribution in [0.25, 0.3) is 10.8 Å². The summed E-state index contributed by atoms with van der Waals surface area (Å²) in [7, 11) is -1.24. The molecule has 0 radical (unpaired) electrons. The lowest BCUT2D eigenvalue weighted by Crippen LogP contribution is -2.06. The molecule has 0 saturated carbocycles. The van der Waals surface area contributed by atoms with Crippen molar-refractivity contribution < 1.29 is 8.95 Å². The summed E-state index contributed by atoms with van der Waals surface area (Å²) in [5, 5.41) is 2.43. The molecule has 3 heteroatoms. The molecule has 3 atom stereocenters. The smallest absolute Gasteiger partial charge is 0.122 e. The second kappa shape index (κ2) is 6.94. The number of hydrogen-bond donors (Lipinski definition) is 0. The molecular formula is C26H22O2S. The minimum absolute atomic E-state index is 0.103. The van der Waals surface area contributed by atoms with Gasteiger partial charge < -0.3 is 4.74 Å². The van der Waals surface area contributed by atoms with Crippen LogP contribution in [-0.2, 0) is 21.1 Å². The third-order valence-corrected chi connectivity index (χ3v) is 7.24. The van der Waals surface area contributed by atoms with Crippen LogP contribution >= 0.6 is 0 Å². The molecule has 2 nitrogen and oxygen atoms in total. The first-order chi connectivity index (χ1) is 14.1. The summed E-state index contributed by atoms with van der Waals surface area (Å²) in [4.78, 5) is 1.64. The predicted molar refractivity (Wildman–Crippen MR) is 117 cm³/mol. The van der Waals surface area contributed by atoms with Crippen molar-refractivity contribution in [3.05, 3.63) is 108 Å². The van der Waals surface area contributed by atoms with Gasteiger partial charge in [0.25, 0.3) is 0 Å². The molecule has 0 aliphatic carbocycles. The van der Waals surface area contributed by atoms with Gasteiger partial charge in [-0.1, -0.05) is 72.3 Å². The summed E-state index contributed by atoms with van der Waals surface area (Å²) in [6.07, 6.45) is -0.103. The van der Waals surface area contributed by atoms with E-state index in [0.29, 0.717) is 0 Å². The zero-order valence-corrected chi connectivity index (χ0v) is 17.3. The molecule has 0 bridgehead atoms. The van der Waals surface area contributed by atoms with Crippen LogP contribution in [0, 0.1) is 6.92 Å². The number of aryl methyl sites for hydroxylation is 1. The standard InChI is InChI=1S/C26H22O2S/c1-18-11-15-22(16-12-18)29(27)24-10-6-5-9-23(24)25-26(2,28-25)21-14-13-19-7-3-4-8-20(19)17-21/h3-17,25H,1-2H3/t25-,26-,29-/m0/s1. The first-order valence-electron chi connectivity index (χ1n) is 9.81. The van der Waals surface area contributed by atoms with Crippen LogP contribution in [0.1, 0.15) is 29.7 Å². The molecule has 4 aromatic rings. The van der Waals surface area contributed by atoms with Gasteiger partial charge in [0.15, 0.2) is 0 Å². The number of fused-ring (bicyclic) bond motifs is 1. The van der Waals surface area contributed by atoms with Gasteiger partial charge in [-0.15, -0.1) is 0 Å². The molecule has 0 N–H and O–H groups in total. The summed E-state index contributed by atoms with van der Waals surface area (Å²) in [6, 6.07) is 30.7. The summed E-state index contributed by atoms with van der Waals surface area (Å²) in [5.41, 5.74) is 2.91. The van der Waals surface area contributed by atoms with Gasteiger partial charge in [0.1, 0.15) is 11.7 Å². The third kappa shape index (κ3) is 3.21. The first-order valence-corrected chi connectivity index (χ1v) is 11.0. The Morgan fingerprint density at radius 2 is 1.52 bits per heavy atom. The molecule has 1 aliphatic rings. The van der Waals surface area contributed by atoms with Gasteiger partial charge in [0.05, 0.1) is 10.8 Å². The van der Waals surface area contributed by atoms with Crippen LogP contribution in [0.2, 0.25) is 0 Å². The van der Waals surface area contributed by atoms with Crippen molar-refractivity contribution in [3.8, 4) is 0 Å². The lowest BCUT2D eigenvalue weighted by molar-refractivity contribution is 0.313. The number of rotatable bonds is 4. The van der Waals surface area contributed by atoms with Crippen molar-refractivity contribution in [2.45, 2.75) is 35.3 Å². The molecule has 1 fully saturated rings. The molecule has 0 spiro atoms. The maximum Gasteiger partial charge on any atom is 0.122 e. The minimum atomic E-state index is -1.24. The van der Waals surface area contributed by atoms with Crippen LogP contribution in [-0.4, -0.2) is 4.21 Å². The third-order valence-electron chi connectivity index (χ3n) is 5.76. The Morgan fingerprint density at radius 1 is 0.828 bits per heavy atom. The fourth-order valence-electron chi connectivity index (χ4n) is 3.94. The van der Waals surface area contributed by atoms with Crippen LogP contribution in [0.5, 0.6) is 0 Å². The lowest BCUT2D eigenvalue weighted by Gasteiger charge is -2.11. The van der Waals surface area contributed by atoms with Gasteiger partial charge in [0, 0.05) is 15.4 Å². The Bertz CT molecular complexity index is 1230. The van der Waals surface area contributed by atoms with E-state index in [9.17, 15) is 4.21 Å². The van der Waals surface area contributed by atoms with Gasteiger partial charge in [0.2, 0.25) is 0 Å². The monoisotopic (exact) mass is 398 g/mol. The van der Waals surface area contributed by atoms with Crippen molar-refractivity contribution in [1.29, 1.82) is 0 Å². The Kier molecular flexibility index (Phi) is 4.38. The second-order valence-corrected chi connectivity index (χ2v) is 9.24. The van der Waals surface area contributed by atoms with Crippen molar-refractivity contribution in [2.75, 3.05) is 0 Å². The molecule has 4 aromatic carbocycles. The highest BCUT2D eigenvalue weighted by molar-refractivity contribution is 7.85. The zero-order valence-electron chi connectivity index (χ0n) is 16.5. The Labute approximate surface area is 173 Å². The Balaban J connectivity index is 1.51. The topological polar surface area (TPSA) is 29.6 Å². The van der Waals surface area contributed by atoms with Gasteiger partial charge >= 0.3 is 0 Å². The maximum atomic E-state index is 13.3. The number of benzene rings is 4. The van der Waals surface area contributed by atoms with Crippen molar-refractivity contribution >= 4 is 21.6 Å². The van der Waals surface area contributed by atoms with Gasteiger partial charge in [-0.2, -0.15) is 0 Å². The number of ether oxygens (including phenoxy) is 1. The maximum absolute atomic E-state index is 13.3. The Hall–Kier alpha value is -2.75. The molecule has 0 amide bonds. The van der Waals surface area contributed by atoms with Crippen LogP contribution in [0.3, 0.4) is 0 Å². The van der Waals surface area contributed by atoms with Crippen molar-refractivity contribution in [1.82, 2.24) is 0 Å². The molecule has 144 valence electrons. The van der Waals surface area contributed by atoms with Crippen molar-refractivity contribution in [2.24, 2.45) is 0 Å². The highest BCUT2D eigenvalue weighted by Gasteiger charge is 2.55. The molecule has 1 aliphatic heterocycles. The summed E-state index contributed by atoms with van der Waals surface area (Å²) >= 11 is 0. The average molecular weight is 399 g/mol. The Morgan fingerprint density at radius 3 is 2.31 bits per heavy atom. The molecule has 0 aromatic heterocycles. The molecular weight excluding hydrogens is 376 g/mol. The van der Waals surface area contributed by atoms with E-state index in [2.05, 4.69) is 49.4 Å². The fraction of sp³-hybridized carbons (Fsp3) is 0.154. The molecule has 0 unspecified atom stereocenters. The van der Waals surface area contributed by atoms with E-state index in [1.54, 1.807) is 0 Å². The number of epoxide rings is 1. The number of hydrogen-bond acceptors (Lipinski definition) is 2. The van der Waals surface area contributed by atoms with E-state index in [0.717, 1.165) is 26.5 Å². The second-order valence-electron chi connectivity index (χ2n) is 7.79. The highest BCUT2D eigenvalue weighted by atomic mass is 32.2. The normalized spacial score (nSPS) is 21.8. The van der Waals surface area contributed by atoms with E-state index in [1.165, 1.54) is 10.8 Å². The van der Waals surface area contributed by atoms with Crippen LogP contribution in [0.4, 0.5) is 0 Å². The molecule has 5 rings (SSSR count). The quantitative estimate of drug-likeness (QED) is 0.377.